The van der Waals surface area contributed by atoms with Gasteiger partial charge in [-0.2, -0.15) is 0 Å². The molecule has 0 aromatic heterocycles. The Morgan fingerprint density at radius 1 is 1.86 bits per heavy atom. The summed E-state index contributed by atoms with van der Waals surface area (Å²) in [6.07, 6.45) is 2.21. The lowest BCUT2D eigenvalue weighted by Gasteiger charge is -1.78. The van der Waals surface area contributed by atoms with Gasteiger partial charge in [-0.3, -0.25) is 4.79 Å². The average Bonchev–Trinajstić information content (AvgIpc) is 1.91. The molecule has 0 fully saturated rings. The van der Waals surface area contributed by atoms with Crippen LogP contribution in [0.4, 0.5) is 0 Å². The van der Waals surface area contributed by atoms with Crippen molar-refractivity contribution in [2.24, 2.45) is 4.99 Å². The molecule has 36 valence electrons. The topological polar surface area (TPSA) is 29.4 Å². The van der Waals surface area contributed by atoms with Gasteiger partial charge < -0.3 is 0 Å². The largest absolute Gasteiger partial charge is 0.272 e. The fraction of sp³-hybridized carbons (Fsp3) is 0.200. The normalized spacial score (nSPS) is 18.9. The van der Waals surface area contributed by atoms with Gasteiger partial charge in [0.05, 0.1) is 0 Å². The quantitative estimate of drug-likeness (QED) is 0.404. The summed E-state index contributed by atoms with van der Waals surface area (Å²) in [4.78, 5) is 13.7. The first kappa shape index (κ1) is 4.24. The molecule has 1 amide bonds. The number of aliphatic imine (C=N–C) groups is 1. The Morgan fingerprint density at radius 3 is 2.71 bits per heavy atom. The standard InChI is InChI=1S/C5H5NO/c1-4-2-3-6-5(4)7/h3H,1-2H2. The monoisotopic (exact) mass is 95.0 g/mol. The summed E-state index contributed by atoms with van der Waals surface area (Å²) < 4.78 is 0. The average molecular weight is 95.1 g/mol. The second-order valence-corrected chi connectivity index (χ2v) is 1.42. The van der Waals surface area contributed by atoms with Gasteiger partial charge in [0.2, 0.25) is 0 Å². The van der Waals surface area contributed by atoms with Crippen LogP contribution >= 0.6 is 0 Å². The van der Waals surface area contributed by atoms with Gasteiger partial charge in [-0.25, -0.2) is 4.99 Å². The van der Waals surface area contributed by atoms with Crippen LogP contribution in [0.2, 0.25) is 0 Å². The van der Waals surface area contributed by atoms with Gasteiger partial charge in [0, 0.05) is 18.2 Å². The second-order valence-electron chi connectivity index (χ2n) is 1.42. The molecule has 0 radical (unpaired) electrons. The molecule has 0 aliphatic carbocycles. The minimum absolute atomic E-state index is 0.167. The number of hydrogen-bond acceptors (Lipinski definition) is 1. The molecular formula is C5H5NO. The molecule has 0 aromatic rings. The van der Waals surface area contributed by atoms with E-state index in [2.05, 4.69) is 11.6 Å². The molecule has 0 spiro atoms. The summed E-state index contributed by atoms with van der Waals surface area (Å²) in [5, 5.41) is 0. The molecule has 0 bridgehead atoms. The zero-order valence-electron chi connectivity index (χ0n) is 3.85. The Bertz CT molecular complexity index is 146. The lowest BCUT2D eigenvalue weighted by atomic mass is 10.3. The summed E-state index contributed by atoms with van der Waals surface area (Å²) in [5.41, 5.74) is 0.597. The van der Waals surface area contributed by atoms with Crippen LogP contribution in [-0.2, 0) is 4.79 Å². The van der Waals surface area contributed by atoms with Crippen LogP contribution < -0.4 is 0 Å². The molecule has 0 saturated heterocycles. The molecule has 0 N–H and O–H groups in total. The fourth-order valence-corrected chi connectivity index (χ4v) is 0.417. The maximum Gasteiger partial charge on any atom is 0.272 e. The molecular weight excluding hydrogens is 90.1 g/mol. The summed E-state index contributed by atoms with van der Waals surface area (Å²) in [5.74, 6) is -0.167. The highest BCUT2D eigenvalue weighted by atomic mass is 16.1. The molecule has 0 atom stereocenters. The van der Waals surface area contributed by atoms with Crippen LogP contribution in [0.25, 0.3) is 0 Å². The van der Waals surface area contributed by atoms with Gasteiger partial charge in [-0.05, 0) is 0 Å². The number of rotatable bonds is 0. The number of amides is 1. The minimum Gasteiger partial charge on any atom is -0.267 e. The van der Waals surface area contributed by atoms with E-state index in [9.17, 15) is 4.79 Å². The van der Waals surface area contributed by atoms with Crippen molar-refractivity contribution in [1.29, 1.82) is 0 Å². The van der Waals surface area contributed by atoms with Gasteiger partial charge in [0.15, 0.2) is 0 Å². The van der Waals surface area contributed by atoms with Gasteiger partial charge in [0.1, 0.15) is 0 Å². The third kappa shape index (κ3) is 0.585. The Labute approximate surface area is 41.6 Å². The smallest absolute Gasteiger partial charge is 0.267 e. The number of nitrogens with zero attached hydrogens (tertiary/aromatic N) is 1. The minimum atomic E-state index is -0.167. The van der Waals surface area contributed by atoms with Crippen molar-refractivity contribution in [3.8, 4) is 0 Å². The molecule has 1 rings (SSSR count). The summed E-state index contributed by atoms with van der Waals surface area (Å²) >= 11 is 0. The van der Waals surface area contributed by atoms with Crippen LogP contribution in [0.15, 0.2) is 17.1 Å². The highest BCUT2D eigenvalue weighted by molar-refractivity contribution is 6.05. The molecule has 1 heterocycles. The zero-order chi connectivity index (χ0) is 5.28. The van der Waals surface area contributed by atoms with E-state index in [-0.39, 0.29) is 5.91 Å². The van der Waals surface area contributed by atoms with E-state index in [0.29, 0.717) is 12.0 Å². The van der Waals surface area contributed by atoms with Crippen molar-refractivity contribution >= 4 is 12.1 Å². The van der Waals surface area contributed by atoms with Crippen molar-refractivity contribution in [1.82, 2.24) is 0 Å². The second kappa shape index (κ2) is 1.30. The number of hydrogen-bond donors (Lipinski definition) is 0. The predicted molar refractivity (Wildman–Crippen MR) is 27.3 cm³/mol. The summed E-state index contributed by atoms with van der Waals surface area (Å²) in [6, 6.07) is 0. The molecule has 7 heavy (non-hydrogen) atoms. The Balaban J connectivity index is 2.81. The van der Waals surface area contributed by atoms with E-state index in [1.807, 2.05) is 0 Å². The van der Waals surface area contributed by atoms with Crippen LogP contribution in [0.3, 0.4) is 0 Å². The van der Waals surface area contributed by atoms with Crippen LogP contribution in [0.1, 0.15) is 6.42 Å². The van der Waals surface area contributed by atoms with Gasteiger partial charge in [-0.15, -0.1) is 0 Å². The van der Waals surface area contributed by atoms with Crippen LogP contribution in [0, 0.1) is 0 Å². The molecule has 0 aromatic carbocycles. The molecule has 0 unspecified atom stereocenters. The summed E-state index contributed by atoms with van der Waals surface area (Å²) in [7, 11) is 0. The van der Waals surface area contributed by atoms with E-state index < -0.39 is 0 Å². The fourth-order valence-electron chi connectivity index (χ4n) is 0.417. The van der Waals surface area contributed by atoms with E-state index in [0.717, 1.165) is 0 Å². The van der Waals surface area contributed by atoms with Crippen molar-refractivity contribution in [2.45, 2.75) is 6.42 Å². The van der Waals surface area contributed by atoms with Crippen LogP contribution in [-0.4, -0.2) is 12.1 Å². The first-order valence-corrected chi connectivity index (χ1v) is 2.05. The lowest BCUT2D eigenvalue weighted by Crippen LogP contribution is -1.86. The number of carbonyl (C=O) groups excluding carboxylic acids is 1. The molecule has 0 saturated carbocycles. The highest BCUT2D eigenvalue weighted by Crippen LogP contribution is 2.03. The zero-order valence-corrected chi connectivity index (χ0v) is 3.85. The highest BCUT2D eigenvalue weighted by Gasteiger charge is 2.07. The van der Waals surface area contributed by atoms with E-state index in [4.69, 9.17) is 0 Å². The van der Waals surface area contributed by atoms with Gasteiger partial charge in [-0.1, -0.05) is 6.58 Å². The Morgan fingerprint density at radius 2 is 2.57 bits per heavy atom. The lowest BCUT2D eigenvalue weighted by molar-refractivity contribution is -0.113. The van der Waals surface area contributed by atoms with Crippen molar-refractivity contribution in [3.63, 3.8) is 0 Å². The van der Waals surface area contributed by atoms with E-state index in [1.54, 1.807) is 6.21 Å². The predicted octanol–water partition coefficient (Wildman–Crippen LogP) is 0.544. The maximum atomic E-state index is 10.3. The van der Waals surface area contributed by atoms with Gasteiger partial charge in [0.25, 0.3) is 5.91 Å². The van der Waals surface area contributed by atoms with E-state index in [1.165, 1.54) is 0 Å². The Hall–Kier alpha value is -0.920. The third-order valence-corrected chi connectivity index (χ3v) is 0.849. The summed E-state index contributed by atoms with van der Waals surface area (Å²) in [6.45, 7) is 3.46. The van der Waals surface area contributed by atoms with Crippen LogP contribution in [0.5, 0.6) is 0 Å². The number of carbonyl (C=O) groups is 1. The molecule has 1 aliphatic heterocycles. The molecule has 2 nitrogen and oxygen atoms in total. The Kier molecular flexibility index (Phi) is 0.785. The van der Waals surface area contributed by atoms with Gasteiger partial charge >= 0.3 is 0 Å². The first-order valence-electron chi connectivity index (χ1n) is 2.05. The third-order valence-electron chi connectivity index (χ3n) is 0.849. The van der Waals surface area contributed by atoms with Crippen molar-refractivity contribution in [3.05, 3.63) is 12.2 Å². The van der Waals surface area contributed by atoms with Crippen molar-refractivity contribution in [2.75, 3.05) is 0 Å². The maximum absolute atomic E-state index is 10.3. The SMILES string of the molecule is C=C1CC=NC1=O. The molecule has 2 heteroatoms. The molecule has 1 aliphatic rings. The van der Waals surface area contributed by atoms with Crippen molar-refractivity contribution < 1.29 is 4.79 Å². The first-order chi connectivity index (χ1) is 3.30. The van der Waals surface area contributed by atoms with E-state index >= 15 is 0 Å².